The Morgan fingerprint density at radius 2 is 1.90 bits per heavy atom. The summed E-state index contributed by atoms with van der Waals surface area (Å²) >= 11 is 0. The molecule has 1 saturated heterocycles. The fourth-order valence-electron chi connectivity index (χ4n) is 4.00. The Labute approximate surface area is 179 Å². The molecule has 1 aromatic carbocycles. The van der Waals surface area contributed by atoms with Crippen molar-refractivity contribution in [1.82, 2.24) is 19.6 Å². The van der Waals surface area contributed by atoms with Crippen LogP contribution in [0.2, 0.25) is 0 Å². The van der Waals surface area contributed by atoms with Crippen LogP contribution in [-0.2, 0) is 9.84 Å². The monoisotopic (exact) mass is 438 g/mol. The molecule has 4 aromatic rings. The molecule has 0 saturated carbocycles. The van der Waals surface area contributed by atoms with Crippen molar-refractivity contribution >= 4 is 38.0 Å². The molecule has 10 heteroatoms. The minimum atomic E-state index is -3.06. The zero-order valence-electron chi connectivity index (χ0n) is 16.9. The lowest BCUT2D eigenvalue weighted by molar-refractivity contribution is 0.199. The van der Waals surface area contributed by atoms with Gasteiger partial charge >= 0.3 is 0 Å². The lowest BCUT2D eigenvalue weighted by atomic mass is 10.1. The number of benzene rings is 1. The fraction of sp³-hybridized carbons (Fsp3) is 0.286. The Kier molecular flexibility index (Phi) is 4.56. The number of nitrogens with zero attached hydrogens (tertiary/aromatic N) is 5. The van der Waals surface area contributed by atoms with Crippen molar-refractivity contribution in [3.8, 4) is 11.1 Å². The molecular weight excluding hydrogens is 416 g/mol. The highest BCUT2D eigenvalue weighted by Gasteiger charge is 2.28. The van der Waals surface area contributed by atoms with Gasteiger partial charge in [0.2, 0.25) is 0 Å². The van der Waals surface area contributed by atoms with E-state index in [-0.39, 0.29) is 17.3 Å². The van der Waals surface area contributed by atoms with E-state index in [1.807, 2.05) is 35.2 Å². The number of aliphatic hydroxyl groups is 1. The first kappa shape index (κ1) is 19.7. The average Bonchev–Trinajstić information content (AvgIpc) is 3.17. The van der Waals surface area contributed by atoms with Crippen molar-refractivity contribution in [3.63, 3.8) is 0 Å². The number of hydrogen-bond donors (Lipinski definition) is 2. The van der Waals surface area contributed by atoms with Gasteiger partial charge in [-0.15, -0.1) is 0 Å². The summed E-state index contributed by atoms with van der Waals surface area (Å²) in [4.78, 5) is 11.2. The summed E-state index contributed by atoms with van der Waals surface area (Å²) in [5.74, 6) is 0.855. The van der Waals surface area contributed by atoms with E-state index in [2.05, 4.69) is 10.1 Å². The second-order valence-corrected chi connectivity index (χ2v) is 10.1. The van der Waals surface area contributed by atoms with E-state index in [0.717, 1.165) is 22.0 Å². The number of aliphatic hydroxyl groups excluding tert-OH is 1. The van der Waals surface area contributed by atoms with Crippen LogP contribution in [0, 0.1) is 0 Å². The molecule has 0 spiro atoms. The highest BCUT2D eigenvalue weighted by Crippen LogP contribution is 2.35. The van der Waals surface area contributed by atoms with Crippen LogP contribution in [0.3, 0.4) is 0 Å². The molecule has 1 aliphatic heterocycles. The predicted octanol–water partition coefficient (Wildman–Crippen LogP) is 1.81. The lowest BCUT2D eigenvalue weighted by Crippen LogP contribution is -2.41. The molecule has 160 valence electrons. The van der Waals surface area contributed by atoms with Gasteiger partial charge in [0.15, 0.2) is 15.5 Å². The van der Waals surface area contributed by atoms with Crippen LogP contribution in [0.15, 0.2) is 42.7 Å². The number of anilines is 2. The fourth-order valence-corrected chi connectivity index (χ4v) is 5.20. The molecule has 5 rings (SSSR count). The van der Waals surface area contributed by atoms with Gasteiger partial charge in [0, 0.05) is 35.8 Å². The highest BCUT2D eigenvalue weighted by atomic mass is 32.2. The molecule has 9 nitrogen and oxygen atoms in total. The second kappa shape index (κ2) is 7.17. The average molecular weight is 439 g/mol. The van der Waals surface area contributed by atoms with Gasteiger partial charge in [-0.05, 0) is 19.1 Å². The number of sulfone groups is 1. The van der Waals surface area contributed by atoms with Gasteiger partial charge in [-0.25, -0.2) is 13.4 Å². The van der Waals surface area contributed by atoms with Crippen LogP contribution in [0.1, 0.15) is 18.6 Å². The molecular formula is C21H22N6O3S. The van der Waals surface area contributed by atoms with Crippen LogP contribution in [0.5, 0.6) is 0 Å². The minimum absolute atomic E-state index is 0.0414. The Morgan fingerprint density at radius 1 is 1.16 bits per heavy atom. The molecule has 0 radical (unpaired) electrons. The Hall–Kier alpha value is -3.24. The van der Waals surface area contributed by atoms with Crippen LogP contribution in [0.25, 0.3) is 27.7 Å². The van der Waals surface area contributed by atoms with Gasteiger partial charge in [-0.3, -0.25) is 4.98 Å². The molecule has 1 aliphatic rings. The van der Waals surface area contributed by atoms with E-state index < -0.39 is 15.9 Å². The topological polar surface area (TPSA) is 127 Å². The Bertz CT molecular complexity index is 1400. The van der Waals surface area contributed by atoms with E-state index in [1.165, 1.54) is 4.52 Å². The van der Waals surface area contributed by atoms with Crippen molar-refractivity contribution in [2.75, 3.05) is 35.2 Å². The van der Waals surface area contributed by atoms with E-state index in [4.69, 9.17) is 10.7 Å². The van der Waals surface area contributed by atoms with Gasteiger partial charge < -0.3 is 15.7 Å². The van der Waals surface area contributed by atoms with Crippen molar-refractivity contribution in [1.29, 1.82) is 0 Å². The van der Waals surface area contributed by atoms with E-state index in [0.29, 0.717) is 30.1 Å². The van der Waals surface area contributed by atoms with Crippen LogP contribution < -0.4 is 10.6 Å². The summed E-state index contributed by atoms with van der Waals surface area (Å²) in [7, 11) is -3.06. The third-order valence-electron chi connectivity index (χ3n) is 5.66. The van der Waals surface area contributed by atoms with Crippen molar-refractivity contribution in [2.45, 2.75) is 13.0 Å². The third kappa shape index (κ3) is 3.37. The molecule has 31 heavy (non-hydrogen) atoms. The van der Waals surface area contributed by atoms with Crippen molar-refractivity contribution < 1.29 is 13.5 Å². The number of aromatic nitrogens is 4. The number of pyridine rings is 1. The first-order valence-corrected chi connectivity index (χ1v) is 11.8. The molecule has 3 aromatic heterocycles. The normalized spacial score (nSPS) is 17.3. The van der Waals surface area contributed by atoms with Gasteiger partial charge in [-0.1, -0.05) is 18.2 Å². The van der Waals surface area contributed by atoms with Crippen LogP contribution >= 0.6 is 0 Å². The number of rotatable bonds is 3. The summed E-state index contributed by atoms with van der Waals surface area (Å²) in [6.45, 7) is 2.21. The standard InChI is InChI=1S/C21H22N6O3S/c1-13(28)18-19(22)27-20(25-21(18)26-6-8-31(29,30)9-7-26)16(12-24-27)15-10-14-4-2-3-5-17(14)23-11-15/h2-5,10-13,28H,6-9,22H2,1H3. The van der Waals surface area contributed by atoms with Gasteiger partial charge in [-0.2, -0.15) is 9.61 Å². The molecule has 1 fully saturated rings. The summed E-state index contributed by atoms with van der Waals surface area (Å²) in [5.41, 5.74) is 9.87. The number of fused-ring (bicyclic) bond motifs is 2. The molecule has 1 atom stereocenters. The predicted molar refractivity (Wildman–Crippen MR) is 120 cm³/mol. The first-order valence-electron chi connectivity index (χ1n) is 10.00. The summed E-state index contributed by atoms with van der Waals surface area (Å²) in [6, 6.07) is 9.85. The zero-order valence-corrected chi connectivity index (χ0v) is 17.7. The maximum Gasteiger partial charge on any atom is 0.167 e. The highest BCUT2D eigenvalue weighted by molar-refractivity contribution is 7.91. The molecule has 0 amide bonds. The Balaban J connectivity index is 1.69. The first-order chi connectivity index (χ1) is 14.8. The smallest absolute Gasteiger partial charge is 0.167 e. The van der Waals surface area contributed by atoms with Crippen molar-refractivity contribution in [2.24, 2.45) is 0 Å². The number of nitrogen functional groups attached to an aromatic ring is 1. The maximum atomic E-state index is 11.9. The summed E-state index contributed by atoms with van der Waals surface area (Å²) < 4.78 is 25.3. The van der Waals surface area contributed by atoms with E-state index >= 15 is 0 Å². The van der Waals surface area contributed by atoms with E-state index in [9.17, 15) is 13.5 Å². The molecule has 0 aliphatic carbocycles. The summed E-state index contributed by atoms with van der Waals surface area (Å²) in [6.07, 6.45) is 2.56. The minimum Gasteiger partial charge on any atom is -0.388 e. The van der Waals surface area contributed by atoms with Gasteiger partial charge in [0.25, 0.3) is 0 Å². The number of para-hydroxylation sites is 1. The third-order valence-corrected chi connectivity index (χ3v) is 7.27. The lowest BCUT2D eigenvalue weighted by Gasteiger charge is -2.30. The molecule has 3 N–H and O–H groups in total. The van der Waals surface area contributed by atoms with Crippen LogP contribution in [0.4, 0.5) is 11.6 Å². The summed E-state index contributed by atoms with van der Waals surface area (Å²) in [5, 5.41) is 15.8. The Morgan fingerprint density at radius 3 is 2.65 bits per heavy atom. The van der Waals surface area contributed by atoms with Gasteiger partial charge in [0.05, 0.1) is 34.9 Å². The molecule has 1 unspecified atom stereocenters. The SMILES string of the molecule is CC(O)c1c(N2CCS(=O)(=O)CC2)nc2c(-c3cnc4ccccc4c3)cnn2c1N. The maximum absolute atomic E-state index is 11.9. The number of hydrogen-bond acceptors (Lipinski definition) is 8. The second-order valence-electron chi connectivity index (χ2n) is 7.76. The molecule has 4 heterocycles. The van der Waals surface area contributed by atoms with E-state index in [1.54, 1.807) is 19.3 Å². The largest absolute Gasteiger partial charge is 0.388 e. The van der Waals surface area contributed by atoms with Crippen LogP contribution in [-0.4, -0.2) is 57.7 Å². The number of nitrogens with two attached hydrogens (primary N) is 1. The molecule has 0 bridgehead atoms. The van der Waals surface area contributed by atoms with Crippen molar-refractivity contribution in [3.05, 3.63) is 48.3 Å². The van der Waals surface area contributed by atoms with Gasteiger partial charge in [0.1, 0.15) is 11.6 Å². The zero-order chi connectivity index (χ0) is 21.8. The quantitative estimate of drug-likeness (QED) is 0.496.